The molecule has 3 heterocycles. The second-order valence-corrected chi connectivity index (χ2v) is 12.9. The fourth-order valence-electron chi connectivity index (χ4n) is 5.67. The van der Waals surface area contributed by atoms with Crippen LogP contribution in [0.15, 0.2) is 113 Å². The number of carbonyl (C=O) groups excluding carboxylic acids is 2. The Bertz CT molecular complexity index is 1720. The van der Waals surface area contributed by atoms with Gasteiger partial charge >= 0.3 is 5.97 Å². The van der Waals surface area contributed by atoms with Crippen LogP contribution in [0.2, 0.25) is 0 Å². The number of thioether (sulfide) groups is 1. The minimum absolute atomic E-state index is 0.0455. The van der Waals surface area contributed by atoms with Crippen molar-refractivity contribution in [3.8, 4) is 0 Å². The maximum atomic E-state index is 13.6. The Kier molecular flexibility index (Phi) is 9.24. The fraction of sp³-hybridized carbons (Fsp3) is 0.182. The number of hydrogen-bond donors (Lipinski definition) is 3. The van der Waals surface area contributed by atoms with E-state index in [0.717, 1.165) is 16.7 Å². The standard InChI is InChI=1S/C33H28BrN5O5S2/c1-44-38-25(28(40)36-26-29(41)39-27(31(42)43)20(17-34)18-45-30(26)39)24-19-46-32(35-24)37-33(21-11-5-2-6-12-21,22-13-7-3-8-14-22)23-15-9-4-10-16-23/h2-16,19,26,30H,17-18H2,1H3,(H,35,37)(H,36,40)(H,42,43)/b38-25-/t26-,30-/m1/s1. The molecule has 1 fully saturated rings. The summed E-state index contributed by atoms with van der Waals surface area (Å²) in [5.74, 6) is -1.93. The number of benzene rings is 3. The second kappa shape index (κ2) is 13.5. The van der Waals surface area contributed by atoms with E-state index in [1.165, 1.54) is 35.1 Å². The number of carboxylic acid groups (broad SMARTS) is 1. The van der Waals surface area contributed by atoms with E-state index in [-0.39, 0.29) is 17.1 Å². The number of aromatic nitrogens is 1. The van der Waals surface area contributed by atoms with Gasteiger partial charge in [0.2, 0.25) is 0 Å². The van der Waals surface area contributed by atoms with Gasteiger partial charge in [0.15, 0.2) is 10.8 Å². The Hall–Kier alpha value is -4.46. The van der Waals surface area contributed by atoms with Gasteiger partial charge in [-0.05, 0) is 22.3 Å². The highest BCUT2D eigenvalue weighted by Gasteiger charge is 2.54. The molecule has 234 valence electrons. The van der Waals surface area contributed by atoms with Crippen molar-refractivity contribution in [1.82, 2.24) is 15.2 Å². The second-order valence-electron chi connectivity index (χ2n) is 10.4. The molecule has 6 rings (SSSR count). The lowest BCUT2D eigenvalue weighted by Crippen LogP contribution is -2.71. The van der Waals surface area contributed by atoms with Crippen molar-refractivity contribution in [2.45, 2.75) is 17.0 Å². The normalized spacial score (nSPS) is 18.0. The van der Waals surface area contributed by atoms with Gasteiger partial charge in [-0.1, -0.05) is 112 Å². The van der Waals surface area contributed by atoms with Gasteiger partial charge in [-0.25, -0.2) is 9.78 Å². The molecule has 3 aromatic carbocycles. The zero-order valence-electron chi connectivity index (χ0n) is 24.4. The van der Waals surface area contributed by atoms with Gasteiger partial charge in [-0.3, -0.25) is 14.5 Å². The zero-order valence-corrected chi connectivity index (χ0v) is 27.6. The number of nitrogens with zero attached hydrogens (tertiary/aromatic N) is 3. The van der Waals surface area contributed by atoms with E-state index in [2.05, 4.69) is 68.1 Å². The summed E-state index contributed by atoms with van der Waals surface area (Å²) in [4.78, 5) is 49.6. The van der Waals surface area contributed by atoms with Gasteiger partial charge in [0.25, 0.3) is 11.8 Å². The third kappa shape index (κ3) is 5.70. The summed E-state index contributed by atoms with van der Waals surface area (Å²) in [7, 11) is 1.32. The molecule has 4 aromatic rings. The minimum atomic E-state index is -1.18. The molecule has 10 nitrogen and oxygen atoms in total. The van der Waals surface area contributed by atoms with Crippen molar-refractivity contribution >= 4 is 67.7 Å². The maximum absolute atomic E-state index is 13.6. The Labute approximate surface area is 281 Å². The van der Waals surface area contributed by atoms with Crippen LogP contribution in [0.3, 0.4) is 0 Å². The van der Waals surface area contributed by atoms with Crippen LogP contribution < -0.4 is 10.6 Å². The number of amides is 2. The molecule has 3 N–H and O–H groups in total. The number of oxime groups is 1. The quantitative estimate of drug-likeness (QED) is 0.0647. The van der Waals surface area contributed by atoms with Gasteiger partial charge in [0.1, 0.15) is 35.5 Å². The summed E-state index contributed by atoms with van der Waals surface area (Å²) in [6.45, 7) is 0. The van der Waals surface area contributed by atoms with Crippen molar-refractivity contribution in [3.63, 3.8) is 0 Å². The van der Waals surface area contributed by atoms with E-state index in [0.29, 0.717) is 21.8 Å². The number of halogens is 1. The first-order chi connectivity index (χ1) is 22.4. The van der Waals surface area contributed by atoms with E-state index < -0.39 is 34.7 Å². The van der Waals surface area contributed by atoms with Crippen LogP contribution in [0.25, 0.3) is 0 Å². The number of aliphatic carboxylic acids is 1. The molecule has 0 bridgehead atoms. The highest BCUT2D eigenvalue weighted by atomic mass is 79.9. The highest BCUT2D eigenvalue weighted by Crippen LogP contribution is 2.42. The lowest BCUT2D eigenvalue weighted by Gasteiger charge is -2.49. The summed E-state index contributed by atoms with van der Waals surface area (Å²) in [6, 6.07) is 29.2. The zero-order chi connectivity index (χ0) is 32.3. The summed E-state index contributed by atoms with van der Waals surface area (Å²) in [6.07, 6.45) is 0. The molecule has 0 unspecified atom stereocenters. The smallest absolute Gasteiger partial charge is 0.352 e. The summed E-state index contributed by atoms with van der Waals surface area (Å²) in [5.41, 5.74) is 2.84. The molecule has 2 atom stereocenters. The first-order valence-electron chi connectivity index (χ1n) is 14.2. The number of β-lactam (4-membered cyclic amide) rings is 1. The molecule has 2 aliphatic heterocycles. The number of rotatable bonds is 11. The molecule has 2 aliphatic rings. The maximum Gasteiger partial charge on any atom is 0.352 e. The van der Waals surface area contributed by atoms with Gasteiger partial charge in [0.05, 0.1) is 0 Å². The highest BCUT2D eigenvalue weighted by molar-refractivity contribution is 9.09. The molecular weight excluding hydrogens is 690 g/mol. The molecule has 0 aliphatic carbocycles. The fourth-order valence-corrected chi connectivity index (χ4v) is 8.50. The third-order valence-electron chi connectivity index (χ3n) is 7.76. The number of carboxylic acids is 1. The van der Waals surface area contributed by atoms with E-state index in [1.807, 2.05) is 54.6 Å². The topological polar surface area (TPSA) is 133 Å². The number of carbonyl (C=O) groups is 3. The SMILES string of the molecule is CO/N=C(\C(=O)N[C@@H]1C(=O)N2C(C(=O)O)=C(CBr)CS[C@H]12)c1csc(NC(c2ccccc2)(c2ccccc2)c2ccccc2)n1. The van der Waals surface area contributed by atoms with Crippen LogP contribution in [0.5, 0.6) is 0 Å². The van der Waals surface area contributed by atoms with Gasteiger partial charge < -0.3 is 20.6 Å². The number of fused-ring (bicyclic) bond motifs is 1. The number of thiazole rings is 1. The minimum Gasteiger partial charge on any atom is -0.477 e. The van der Waals surface area contributed by atoms with Crippen LogP contribution in [-0.2, 0) is 24.8 Å². The van der Waals surface area contributed by atoms with Gasteiger partial charge in [-0.2, -0.15) is 0 Å². The van der Waals surface area contributed by atoms with E-state index in [9.17, 15) is 19.5 Å². The number of anilines is 1. The molecule has 0 radical (unpaired) electrons. The first-order valence-corrected chi connectivity index (χ1v) is 17.2. The predicted molar refractivity (Wildman–Crippen MR) is 182 cm³/mol. The van der Waals surface area contributed by atoms with Gasteiger partial charge in [-0.15, -0.1) is 23.1 Å². The monoisotopic (exact) mass is 717 g/mol. The van der Waals surface area contributed by atoms with Crippen LogP contribution in [0.1, 0.15) is 22.4 Å². The van der Waals surface area contributed by atoms with Crippen LogP contribution in [0.4, 0.5) is 5.13 Å². The van der Waals surface area contributed by atoms with Gasteiger partial charge in [0, 0.05) is 16.5 Å². The number of alkyl halides is 1. The average molecular weight is 719 g/mol. The van der Waals surface area contributed by atoms with Crippen LogP contribution >= 0.6 is 39.0 Å². The number of hydrogen-bond acceptors (Lipinski definition) is 9. The largest absolute Gasteiger partial charge is 0.477 e. The van der Waals surface area contributed by atoms with Crippen molar-refractivity contribution in [3.05, 3.63) is 130 Å². The van der Waals surface area contributed by atoms with Crippen LogP contribution in [-0.4, -0.2) is 68.1 Å². The Morgan fingerprint density at radius 1 is 1.02 bits per heavy atom. The molecule has 0 spiro atoms. The van der Waals surface area contributed by atoms with Crippen LogP contribution in [0, 0.1) is 0 Å². The molecular formula is C33H28BrN5O5S2. The molecule has 0 saturated carbocycles. The van der Waals surface area contributed by atoms with E-state index in [4.69, 9.17) is 9.82 Å². The predicted octanol–water partition coefficient (Wildman–Crippen LogP) is 5.03. The van der Waals surface area contributed by atoms with Crippen molar-refractivity contribution in [1.29, 1.82) is 0 Å². The van der Waals surface area contributed by atoms with Crippen molar-refractivity contribution in [2.24, 2.45) is 5.16 Å². The Morgan fingerprint density at radius 3 is 2.09 bits per heavy atom. The molecule has 46 heavy (non-hydrogen) atoms. The summed E-state index contributed by atoms with van der Waals surface area (Å²) >= 11 is 6.00. The lowest BCUT2D eigenvalue weighted by atomic mass is 9.77. The van der Waals surface area contributed by atoms with E-state index in [1.54, 1.807) is 5.38 Å². The molecule has 1 saturated heterocycles. The Morgan fingerprint density at radius 2 is 1.59 bits per heavy atom. The lowest BCUT2D eigenvalue weighted by molar-refractivity contribution is -0.150. The third-order valence-corrected chi connectivity index (χ3v) is 10.5. The van der Waals surface area contributed by atoms with Crippen molar-refractivity contribution in [2.75, 3.05) is 23.5 Å². The Balaban J connectivity index is 1.30. The summed E-state index contributed by atoms with van der Waals surface area (Å²) < 4.78 is 0. The number of nitrogens with one attached hydrogen (secondary N) is 2. The first kappa shape index (κ1) is 31.5. The summed E-state index contributed by atoms with van der Waals surface area (Å²) in [5, 5.41) is 22.1. The average Bonchev–Trinajstić information content (AvgIpc) is 3.56. The molecule has 13 heteroatoms. The molecule has 2 amide bonds. The molecule has 1 aromatic heterocycles. The van der Waals surface area contributed by atoms with Crippen molar-refractivity contribution < 1.29 is 24.3 Å². The van der Waals surface area contributed by atoms with E-state index >= 15 is 0 Å².